The molecular formula is C13H27NO. The van der Waals surface area contributed by atoms with Gasteiger partial charge in [-0.1, -0.05) is 27.7 Å². The Kier molecular flexibility index (Phi) is 6.66. The Morgan fingerprint density at radius 2 is 1.87 bits per heavy atom. The maximum Gasteiger partial charge on any atom is 0.115 e. The Morgan fingerprint density at radius 1 is 1.33 bits per heavy atom. The Hall–Kier alpha value is -0.500. The molecule has 1 aliphatic rings. The van der Waals surface area contributed by atoms with Crippen LogP contribution >= 0.6 is 0 Å². The molecule has 1 aliphatic heterocycles. The van der Waals surface area contributed by atoms with Gasteiger partial charge in [0.25, 0.3) is 0 Å². The minimum Gasteiger partial charge on any atom is -0.493 e. The average Bonchev–Trinajstić information content (AvgIpc) is 2.49. The third kappa shape index (κ3) is 4.70. The fraction of sp³-hybridized carbons (Fsp3) is 0.846. The van der Waals surface area contributed by atoms with Crippen molar-refractivity contribution in [3.8, 4) is 0 Å². The van der Waals surface area contributed by atoms with Crippen molar-refractivity contribution in [1.82, 2.24) is 4.90 Å². The molecular weight excluding hydrogens is 186 g/mol. The normalized spacial score (nSPS) is 20.5. The molecule has 0 amide bonds. The fourth-order valence-electron chi connectivity index (χ4n) is 1.91. The van der Waals surface area contributed by atoms with Crippen LogP contribution in [0.25, 0.3) is 0 Å². The first-order chi connectivity index (χ1) is 7.00. The van der Waals surface area contributed by atoms with E-state index in [4.69, 9.17) is 4.74 Å². The first-order valence-electron chi connectivity index (χ1n) is 6.01. The molecule has 0 fully saturated rings. The number of rotatable bonds is 3. The van der Waals surface area contributed by atoms with Crippen LogP contribution in [-0.4, -0.2) is 31.6 Å². The monoisotopic (exact) mass is 213 g/mol. The molecule has 1 unspecified atom stereocenters. The Balaban J connectivity index is 0.000000921. The van der Waals surface area contributed by atoms with Gasteiger partial charge in [-0.05, 0) is 32.5 Å². The lowest BCUT2D eigenvalue weighted by atomic mass is 9.98. The molecule has 15 heavy (non-hydrogen) atoms. The highest BCUT2D eigenvalue weighted by atomic mass is 16.5. The number of likely N-dealkylation sites (N-methyl/N-ethyl adjacent to an activating group) is 1. The van der Waals surface area contributed by atoms with Crippen LogP contribution in [-0.2, 0) is 4.74 Å². The second-order valence-corrected chi connectivity index (χ2v) is 4.44. The summed E-state index contributed by atoms with van der Waals surface area (Å²) in [5.41, 5.74) is 1.49. The number of allylic oxidation sites excluding steroid dienone is 1. The summed E-state index contributed by atoms with van der Waals surface area (Å²) < 4.78 is 5.78. The fourth-order valence-corrected chi connectivity index (χ4v) is 1.91. The van der Waals surface area contributed by atoms with Crippen molar-refractivity contribution in [3.05, 3.63) is 11.3 Å². The molecule has 90 valence electrons. The summed E-state index contributed by atoms with van der Waals surface area (Å²) in [5.74, 6) is 1.79. The van der Waals surface area contributed by atoms with E-state index in [0.717, 1.165) is 18.7 Å². The molecule has 0 N–H and O–H groups in total. The molecule has 0 aromatic heterocycles. The van der Waals surface area contributed by atoms with Crippen LogP contribution in [0.5, 0.6) is 0 Å². The quantitative estimate of drug-likeness (QED) is 0.713. The largest absolute Gasteiger partial charge is 0.493 e. The minimum absolute atomic E-state index is 0.382. The summed E-state index contributed by atoms with van der Waals surface area (Å²) in [6.45, 7) is 11.6. The lowest BCUT2D eigenvalue weighted by Gasteiger charge is -2.16. The van der Waals surface area contributed by atoms with Crippen LogP contribution in [0.4, 0.5) is 0 Å². The van der Waals surface area contributed by atoms with E-state index in [1.807, 2.05) is 13.8 Å². The molecule has 0 radical (unpaired) electrons. The lowest BCUT2D eigenvalue weighted by Crippen LogP contribution is -2.25. The van der Waals surface area contributed by atoms with Gasteiger partial charge >= 0.3 is 0 Å². The van der Waals surface area contributed by atoms with Crippen molar-refractivity contribution in [2.45, 2.75) is 47.1 Å². The third-order valence-electron chi connectivity index (χ3n) is 2.51. The molecule has 1 rings (SSSR count). The second kappa shape index (κ2) is 6.89. The van der Waals surface area contributed by atoms with Gasteiger partial charge in [0.2, 0.25) is 0 Å². The second-order valence-electron chi connectivity index (χ2n) is 4.44. The summed E-state index contributed by atoms with van der Waals surface area (Å²) in [4.78, 5) is 2.18. The smallest absolute Gasteiger partial charge is 0.115 e. The third-order valence-corrected chi connectivity index (χ3v) is 2.51. The van der Waals surface area contributed by atoms with Crippen molar-refractivity contribution in [1.29, 1.82) is 0 Å². The molecule has 0 saturated carbocycles. The SMILES string of the molecule is CC.CC1=C(C(C)C)CC(CN(C)C)O1. The number of hydrogen-bond donors (Lipinski definition) is 0. The summed E-state index contributed by atoms with van der Waals surface area (Å²) in [7, 11) is 4.18. The van der Waals surface area contributed by atoms with Crippen LogP contribution in [0.2, 0.25) is 0 Å². The molecule has 0 bridgehead atoms. The predicted molar refractivity (Wildman–Crippen MR) is 66.9 cm³/mol. The number of ether oxygens (including phenoxy) is 1. The Bertz CT molecular complexity index is 207. The first kappa shape index (κ1) is 14.5. The van der Waals surface area contributed by atoms with Crippen LogP contribution in [0, 0.1) is 5.92 Å². The van der Waals surface area contributed by atoms with Gasteiger partial charge in [-0.15, -0.1) is 0 Å². The standard InChI is InChI=1S/C11H21NO.C2H6/c1-8(2)11-6-10(7-12(4)5)13-9(11)3;1-2/h8,10H,6-7H2,1-5H3;1-2H3. The van der Waals surface area contributed by atoms with E-state index in [0.29, 0.717) is 12.0 Å². The molecule has 1 heterocycles. The topological polar surface area (TPSA) is 12.5 Å². The van der Waals surface area contributed by atoms with E-state index in [-0.39, 0.29) is 0 Å². The summed E-state index contributed by atoms with van der Waals surface area (Å²) in [6.07, 6.45) is 1.49. The molecule has 0 aromatic rings. The zero-order chi connectivity index (χ0) is 12.0. The van der Waals surface area contributed by atoms with Gasteiger partial charge in [0.1, 0.15) is 6.10 Å². The zero-order valence-electron chi connectivity index (χ0n) is 11.4. The van der Waals surface area contributed by atoms with Crippen LogP contribution in [0.3, 0.4) is 0 Å². The maximum absolute atomic E-state index is 5.78. The first-order valence-corrected chi connectivity index (χ1v) is 6.01. The van der Waals surface area contributed by atoms with E-state index >= 15 is 0 Å². The van der Waals surface area contributed by atoms with E-state index in [1.165, 1.54) is 5.57 Å². The highest BCUT2D eigenvalue weighted by Gasteiger charge is 2.24. The van der Waals surface area contributed by atoms with Crippen molar-refractivity contribution in [2.75, 3.05) is 20.6 Å². The summed E-state index contributed by atoms with van der Waals surface area (Å²) in [5, 5.41) is 0. The molecule has 0 saturated heterocycles. The van der Waals surface area contributed by atoms with Gasteiger partial charge in [0, 0.05) is 13.0 Å². The van der Waals surface area contributed by atoms with Gasteiger partial charge in [0.05, 0.1) is 5.76 Å². The summed E-state index contributed by atoms with van der Waals surface area (Å²) in [6, 6.07) is 0. The van der Waals surface area contributed by atoms with Crippen LogP contribution in [0.1, 0.15) is 41.0 Å². The van der Waals surface area contributed by atoms with E-state index in [9.17, 15) is 0 Å². The highest BCUT2D eigenvalue weighted by Crippen LogP contribution is 2.30. The lowest BCUT2D eigenvalue weighted by molar-refractivity contribution is 0.115. The molecule has 0 aliphatic carbocycles. The van der Waals surface area contributed by atoms with Crippen molar-refractivity contribution >= 4 is 0 Å². The molecule has 0 spiro atoms. The molecule has 2 nitrogen and oxygen atoms in total. The Labute approximate surface area is 95.3 Å². The average molecular weight is 213 g/mol. The zero-order valence-corrected chi connectivity index (χ0v) is 11.4. The van der Waals surface area contributed by atoms with E-state index in [2.05, 4.69) is 39.8 Å². The molecule has 0 aromatic carbocycles. The van der Waals surface area contributed by atoms with E-state index < -0.39 is 0 Å². The van der Waals surface area contributed by atoms with Crippen molar-refractivity contribution < 1.29 is 4.74 Å². The van der Waals surface area contributed by atoms with Crippen LogP contribution in [0.15, 0.2) is 11.3 Å². The van der Waals surface area contributed by atoms with Gasteiger partial charge in [0.15, 0.2) is 0 Å². The maximum atomic E-state index is 5.78. The van der Waals surface area contributed by atoms with Crippen molar-refractivity contribution in [3.63, 3.8) is 0 Å². The van der Waals surface area contributed by atoms with E-state index in [1.54, 1.807) is 0 Å². The number of nitrogens with zero attached hydrogens (tertiary/aromatic N) is 1. The minimum atomic E-state index is 0.382. The molecule has 1 atom stereocenters. The highest BCUT2D eigenvalue weighted by molar-refractivity contribution is 5.15. The van der Waals surface area contributed by atoms with Gasteiger partial charge in [-0.2, -0.15) is 0 Å². The van der Waals surface area contributed by atoms with Gasteiger partial charge < -0.3 is 9.64 Å². The number of hydrogen-bond acceptors (Lipinski definition) is 2. The molecule has 2 heteroatoms. The Morgan fingerprint density at radius 3 is 2.20 bits per heavy atom. The van der Waals surface area contributed by atoms with Crippen LogP contribution < -0.4 is 0 Å². The predicted octanol–water partition coefficient (Wildman–Crippen LogP) is 3.29. The van der Waals surface area contributed by atoms with Gasteiger partial charge in [-0.3, -0.25) is 0 Å². The van der Waals surface area contributed by atoms with Gasteiger partial charge in [-0.25, -0.2) is 0 Å². The summed E-state index contributed by atoms with van der Waals surface area (Å²) >= 11 is 0. The van der Waals surface area contributed by atoms with Crippen molar-refractivity contribution in [2.24, 2.45) is 5.92 Å².